The van der Waals surface area contributed by atoms with Gasteiger partial charge in [0.2, 0.25) is 0 Å². The molecule has 0 spiro atoms. The van der Waals surface area contributed by atoms with Gasteiger partial charge in [0.05, 0.1) is 34.8 Å². The van der Waals surface area contributed by atoms with E-state index in [1.165, 1.54) is 38.8 Å². The summed E-state index contributed by atoms with van der Waals surface area (Å²) in [4.78, 5) is 15.2. The second kappa shape index (κ2) is 15.3. The number of allylic oxidation sites excluding steroid dienone is 4. The minimum atomic E-state index is -0.416. The molecule has 2 saturated heterocycles. The summed E-state index contributed by atoms with van der Waals surface area (Å²) in [5.74, 6) is 0.442. The zero-order chi connectivity index (χ0) is 35.4. The lowest BCUT2D eigenvalue weighted by Gasteiger charge is -2.23. The topological polar surface area (TPSA) is 93.3 Å². The van der Waals surface area contributed by atoms with Gasteiger partial charge in [-0.05, 0) is 151 Å². The predicted molar refractivity (Wildman–Crippen MR) is 208 cm³/mol. The molecule has 3 aliphatic heterocycles. The van der Waals surface area contributed by atoms with Crippen LogP contribution in [0.15, 0.2) is 90.2 Å². The van der Waals surface area contributed by atoms with Crippen molar-refractivity contribution in [3.63, 3.8) is 0 Å². The molecule has 0 unspecified atom stereocenters. The van der Waals surface area contributed by atoms with Gasteiger partial charge in [-0.25, -0.2) is 4.39 Å². The average Bonchev–Trinajstić information content (AvgIpc) is 3.86. The number of likely N-dealkylation sites (tertiary alicyclic amines) is 1. The maximum atomic E-state index is 15.0. The standard InChI is InChI=1S/C42H51FN8/c1-5-31(33-21-35(25-45-24-33)47-28(2)17-29-10-12-44-13-11-29)22-38-41(49-50-42(38,3)4)39-23-36-37(26-46-27-40(36)48-39)32-18-30(19-34(43)20-32)9-8-16-51-14-6-7-15-51/h5,18-27,29,44,47-48,50H,2,6-17H2,1,3-4H3/b31-5+,38-22-. The molecule has 7 rings (SSSR count). The van der Waals surface area contributed by atoms with Crippen molar-refractivity contribution >= 4 is 27.9 Å². The third kappa shape index (κ3) is 8.16. The molecule has 0 bridgehead atoms. The molecular formula is C42H51FN8. The van der Waals surface area contributed by atoms with Crippen molar-refractivity contribution < 1.29 is 4.39 Å². The van der Waals surface area contributed by atoms with Crippen molar-refractivity contribution in [1.82, 2.24) is 30.6 Å². The van der Waals surface area contributed by atoms with Gasteiger partial charge in [0.25, 0.3) is 0 Å². The van der Waals surface area contributed by atoms with Crippen LogP contribution in [0.5, 0.6) is 0 Å². The number of aromatic nitrogens is 3. The van der Waals surface area contributed by atoms with Crippen molar-refractivity contribution in [2.45, 2.75) is 71.3 Å². The molecule has 4 N–H and O–H groups in total. The zero-order valence-electron chi connectivity index (χ0n) is 30.3. The second-order valence-corrected chi connectivity index (χ2v) is 14.9. The summed E-state index contributed by atoms with van der Waals surface area (Å²) in [5.41, 5.74) is 13.4. The van der Waals surface area contributed by atoms with Gasteiger partial charge >= 0.3 is 0 Å². The summed E-state index contributed by atoms with van der Waals surface area (Å²) >= 11 is 0. The summed E-state index contributed by atoms with van der Waals surface area (Å²) in [6.45, 7) is 16.2. The number of pyridine rings is 2. The first-order valence-corrected chi connectivity index (χ1v) is 18.6. The number of hydrogen-bond acceptors (Lipinski definition) is 7. The molecule has 0 aliphatic carbocycles. The highest BCUT2D eigenvalue weighted by Gasteiger charge is 2.34. The normalized spacial score (nSPS) is 19.1. The Kier molecular flexibility index (Phi) is 10.5. The highest BCUT2D eigenvalue weighted by atomic mass is 19.1. The summed E-state index contributed by atoms with van der Waals surface area (Å²) in [5, 5.41) is 12.8. The van der Waals surface area contributed by atoms with Crippen molar-refractivity contribution in [3.05, 3.63) is 108 Å². The van der Waals surface area contributed by atoms with Gasteiger partial charge in [-0.3, -0.25) is 15.4 Å². The third-order valence-corrected chi connectivity index (χ3v) is 10.6. The van der Waals surface area contributed by atoms with E-state index in [9.17, 15) is 0 Å². The number of piperidine rings is 1. The molecular weight excluding hydrogens is 636 g/mol. The smallest absolute Gasteiger partial charge is 0.124 e. The molecule has 0 saturated carbocycles. The predicted octanol–water partition coefficient (Wildman–Crippen LogP) is 8.22. The average molecular weight is 687 g/mol. The number of nitrogens with one attached hydrogen (secondary N) is 4. The van der Waals surface area contributed by atoms with E-state index in [1.54, 1.807) is 12.1 Å². The molecule has 0 radical (unpaired) electrons. The quantitative estimate of drug-likeness (QED) is 0.120. The summed E-state index contributed by atoms with van der Waals surface area (Å²) in [6.07, 6.45) is 19.5. The second-order valence-electron chi connectivity index (χ2n) is 14.9. The Morgan fingerprint density at radius 1 is 1.04 bits per heavy atom. The fourth-order valence-corrected chi connectivity index (χ4v) is 7.78. The molecule has 6 heterocycles. The van der Waals surface area contributed by atoms with E-state index in [0.29, 0.717) is 5.92 Å². The molecule has 3 aromatic heterocycles. The first-order valence-electron chi connectivity index (χ1n) is 18.6. The van der Waals surface area contributed by atoms with Crippen LogP contribution >= 0.6 is 0 Å². The van der Waals surface area contributed by atoms with Crippen LogP contribution in [-0.2, 0) is 6.42 Å². The van der Waals surface area contributed by atoms with Crippen molar-refractivity contribution in [3.8, 4) is 11.1 Å². The fraction of sp³-hybridized carbons (Fsp3) is 0.405. The molecule has 51 heavy (non-hydrogen) atoms. The number of H-pyrrole nitrogens is 1. The number of rotatable bonds is 12. The molecule has 0 amide bonds. The number of hydrogen-bond donors (Lipinski definition) is 4. The first kappa shape index (κ1) is 34.8. The number of fused-ring (bicyclic) bond motifs is 1. The molecule has 2 fully saturated rings. The lowest BCUT2D eigenvalue weighted by atomic mass is 9.88. The first-order chi connectivity index (χ1) is 24.8. The monoisotopic (exact) mass is 686 g/mol. The van der Waals surface area contributed by atoms with Crippen LogP contribution in [0, 0.1) is 11.7 Å². The van der Waals surface area contributed by atoms with Crippen molar-refractivity contribution in [2.24, 2.45) is 11.0 Å². The molecule has 266 valence electrons. The van der Waals surface area contributed by atoms with E-state index in [2.05, 4.69) is 93.6 Å². The number of aryl methyl sites for hydroxylation is 1. The maximum absolute atomic E-state index is 15.0. The highest BCUT2D eigenvalue weighted by molar-refractivity contribution is 6.17. The van der Waals surface area contributed by atoms with Gasteiger partial charge in [-0.1, -0.05) is 18.7 Å². The van der Waals surface area contributed by atoms with Gasteiger partial charge in [-0.15, -0.1) is 0 Å². The fourth-order valence-electron chi connectivity index (χ4n) is 7.78. The molecule has 1 aromatic carbocycles. The number of nitrogens with zero attached hydrogens (tertiary/aromatic N) is 4. The van der Waals surface area contributed by atoms with E-state index in [-0.39, 0.29) is 5.82 Å². The highest BCUT2D eigenvalue weighted by Crippen LogP contribution is 2.35. The largest absolute Gasteiger partial charge is 0.358 e. The van der Waals surface area contributed by atoms with Crippen LogP contribution in [0.1, 0.15) is 76.1 Å². The summed E-state index contributed by atoms with van der Waals surface area (Å²) in [6, 6.07) is 9.68. The maximum Gasteiger partial charge on any atom is 0.124 e. The van der Waals surface area contributed by atoms with Crippen LogP contribution in [0.2, 0.25) is 0 Å². The minimum absolute atomic E-state index is 0.216. The van der Waals surface area contributed by atoms with E-state index < -0.39 is 5.54 Å². The Bertz CT molecular complexity index is 1970. The molecule has 8 nitrogen and oxygen atoms in total. The lowest BCUT2D eigenvalue weighted by molar-refractivity contribution is 0.334. The Morgan fingerprint density at radius 3 is 2.65 bits per heavy atom. The van der Waals surface area contributed by atoms with E-state index in [1.807, 2.05) is 24.8 Å². The zero-order valence-corrected chi connectivity index (χ0v) is 30.3. The van der Waals surface area contributed by atoms with Crippen LogP contribution in [0.25, 0.3) is 27.6 Å². The third-order valence-electron chi connectivity index (χ3n) is 10.6. The summed E-state index contributed by atoms with van der Waals surface area (Å²) < 4.78 is 15.0. The summed E-state index contributed by atoms with van der Waals surface area (Å²) in [7, 11) is 0. The van der Waals surface area contributed by atoms with E-state index in [4.69, 9.17) is 5.10 Å². The van der Waals surface area contributed by atoms with Crippen LogP contribution in [0.3, 0.4) is 0 Å². The number of benzene rings is 1. The lowest BCUT2D eigenvalue weighted by Crippen LogP contribution is -2.33. The van der Waals surface area contributed by atoms with Crippen LogP contribution in [-0.4, -0.2) is 63.8 Å². The van der Waals surface area contributed by atoms with Gasteiger partial charge in [0, 0.05) is 40.2 Å². The number of aromatic amines is 1. The van der Waals surface area contributed by atoms with Gasteiger partial charge in [0.1, 0.15) is 11.5 Å². The van der Waals surface area contributed by atoms with Gasteiger partial charge < -0.3 is 20.5 Å². The molecule has 3 aliphatic rings. The van der Waals surface area contributed by atoms with Gasteiger partial charge in [-0.2, -0.15) is 5.10 Å². The van der Waals surface area contributed by atoms with Crippen LogP contribution < -0.4 is 16.1 Å². The van der Waals surface area contributed by atoms with E-state index in [0.717, 1.165) is 106 Å². The minimum Gasteiger partial charge on any atom is -0.358 e. The SMILES string of the molecule is C=C(CC1CCNCC1)Nc1cncc(C(=C/C)/C=C2/C(c3cc4c(-c5cc(F)cc(CCCN6CCCC6)c5)cncc4[nH]3)=NNC2(C)C)c1. The van der Waals surface area contributed by atoms with Gasteiger partial charge in [0.15, 0.2) is 0 Å². The number of hydrazone groups is 1. The van der Waals surface area contributed by atoms with E-state index >= 15 is 4.39 Å². The molecule has 0 atom stereocenters. The number of halogens is 1. The van der Waals surface area contributed by atoms with Crippen molar-refractivity contribution in [2.75, 3.05) is 38.0 Å². The Labute approximate surface area is 301 Å². The van der Waals surface area contributed by atoms with Crippen LogP contribution in [0.4, 0.5) is 10.1 Å². The molecule has 9 heteroatoms. The molecule has 4 aromatic rings. The Morgan fingerprint density at radius 2 is 1.84 bits per heavy atom. The Balaban J connectivity index is 1.13. The van der Waals surface area contributed by atoms with Crippen molar-refractivity contribution in [1.29, 1.82) is 0 Å². The number of anilines is 1. The Hall–Kier alpha value is -4.60.